The van der Waals surface area contributed by atoms with E-state index in [1.54, 1.807) is 0 Å². The average Bonchev–Trinajstić information content (AvgIpc) is 2.00. The third-order valence-corrected chi connectivity index (χ3v) is 2.17. The van der Waals surface area contributed by atoms with Crippen LogP contribution in [0.5, 0.6) is 0 Å². The molecule has 0 aromatic heterocycles. The van der Waals surface area contributed by atoms with Gasteiger partial charge in [-0.2, -0.15) is 0 Å². The van der Waals surface area contributed by atoms with Gasteiger partial charge >= 0.3 is 0 Å². The molecule has 0 saturated carbocycles. The molecular formula is C8H16O4. The van der Waals surface area contributed by atoms with E-state index in [1.807, 2.05) is 6.92 Å². The first-order chi connectivity index (χ1) is 5.65. The molecule has 4 atom stereocenters. The van der Waals surface area contributed by atoms with Crippen molar-refractivity contribution in [3.05, 3.63) is 0 Å². The number of hydrogen-bond acceptors (Lipinski definition) is 4. The van der Waals surface area contributed by atoms with E-state index in [-0.39, 0.29) is 12.7 Å². The van der Waals surface area contributed by atoms with E-state index in [4.69, 9.17) is 9.84 Å². The SMILES string of the molecule is CC1C[C@@H](O)[C@@H](O)C(CCO)O1. The molecule has 0 amide bonds. The maximum atomic E-state index is 9.40. The molecule has 1 heterocycles. The number of hydrogen-bond donors (Lipinski definition) is 3. The Morgan fingerprint density at radius 3 is 2.67 bits per heavy atom. The van der Waals surface area contributed by atoms with Crippen molar-refractivity contribution >= 4 is 0 Å². The quantitative estimate of drug-likeness (QED) is 0.518. The van der Waals surface area contributed by atoms with Crippen molar-refractivity contribution in [3.63, 3.8) is 0 Å². The van der Waals surface area contributed by atoms with E-state index in [1.165, 1.54) is 0 Å². The van der Waals surface area contributed by atoms with Crippen LogP contribution < -0.4 is 0 Å². The van der Waals surface area contributed by atoms with Crippen LogP contribution in [0.25, 0.3) is 0 Å². The van der Waals surface area contributed by atoms with Gasteiger partial charge in [0.1, 0.15) is 6.10 Å². The summed E-state index contributed by atoms with van der Waals surface area (Å²) in [6.45, 7) is 1.82. The molecule has 4 nitrogen and oxygen atoms in total. The van der Waals surface area contributed by atoms with Crippen LogP contribution in [0.2, 0.25) is 0 Å². The summed E-state index contributed by atoms with van der Waals surface area (Å²) in [5, 5.41) is 27.4. The zero-order valence-corrected chi connectivity index (χ0v) is 7.18. The molecule has 4 heteroatoms. The molecule has 1 saturated heterocycles. The van der Waals surface area contributed by atoms with Crippen molar-refractivity contribution < 1.29 is 20.1 Å². The van der Waals surface area contributed by atoms with Crippen molar-refractivity contribution in [2.45, 2.75) is 44.2 Å². The van der Waals surface area contributed by atoms with Crippen LogP contribution in [0.1, 0.15) is 19.8 Å². The van der Waals surface area contributed by atoms with Gasteiger partial charge in [-0.05, 0) is 13.3 Å². The lowest BCUT2D eigenvalue weighted by Crippen LogP contribution is -2.47. The van der Waals surface area contributed by atoms with Gasteiger partial charge in [-0.15, -0.1) is 0 Å². The molecule has 1 fully saturated rings. The van der Waals surface area contributed by atoms with E-state index in [0.717, 1.165) is 0 Å². The normalized spacial score (nSPS) is 43.0. The molecular weight excluding hydrogens is 160 g/mol. The molecule has 12 heavy (non-hydrogen) atoms. The van der Waals surface area contributed by atoms with Crippen molar-refractivity contribution in [2.24, 2.45) is 0 Å². The molecule has 0 aromatic carbocycles. The maximum absolute atomic E-state index is 9.40. The van der Waals surface area contributed by atoms with Crippen molar-refractivity contribution in [3.8, 4) is 0 Å². The zero-order chi connectivity index (χ0) is 9.14. The van der Waals surface area contributed by atoms with Gasteiger partial charge in [0.15, 0.2) is 0 Å². The summed E-state index contributed by atoms with van der Waals surface area (Å²) in [6.07, 6.45) is -1.20. The Hall–Kier alpha value is -0.160. The lowest BCUT2D eigenvalue weighted by molar-refractivity contribution is -0.167. The topological polar surface area (TPSA) is 69.9 Å². The molecule has 3 N–H and O–H groups in total. The molecule has 1 aliphatic rings. The summed E-state index contributed by atoms with van der Waals surface area (Å²) < 4.78 is 5.34. The highest BCUT2D eigenvalue weighted by molar-refractivity contribution is 4.83. The number of aliphatic hydroxyl groups is 3. The Balaban J connectivity index is 2.47. The highest BCUT2D eigenvalue weighted by Gasteiger charge is 2.34. The Bertz CT molecular complexity index is 139. The first-order valence-corrected chi connectivity index (χ1v) is 4.27. The molecule has 1 aliphatic heterocycles. The molecule has 0 aliphatic carbocycles. The van der Waals surface area contributed by atoms with Crippen LogP contribution in [0, 0.1) is 0 Å². The summed E-state index contributed by atoms with van der Waals surface area (Å²) >= 11 is 0. The Morgan fingerprint density at radius 1 is 1.42 bits per heavy atom. The van der Waals surface area contributed by atoms with Crippen LogP contribution in [0.15, 0.2) is 0 Å². The molecule has 1 rings (SSSR count). The van der Waals surface area contributed by atoms with Crippen LogP contribution in [-0.4, -0.2) is 46.3 Å². The summed E-state index contributed by atoms with van der Waals surface area (Å²) in [6, 6.07) is 0. The largest absolute Gasteiger partial charge is 0.396 e. The van der Waals surface area contributed by atoms with Gasteiger partial charge in [0.25, 0.3) is 0 Å². The van der Waals surface area contributed by atoms with Crippen molar-refractivity contribution in [2.75, 3.05) is 6.61 Å². The highest BCUT2D eigenvalue weighted by Crippen LogP contribution is 2.21. The van der Waals surface area contributed by atoms with Gasteiger partial charge < -0.3 is 20.1 Å². The lowest BCUT2D eigenvalue weighted by atomic mass is 9.97. The predicted octanol–water partition coefficient (Wildman–Crippen LogP) is -0.732. The van der Waals surface area contributed by atoms with Gasteiger partial charge in [0, 0.05) is 13.0 Å². The van der Waals surface area contributed by atoms with Crippen LogP contribution >= 0.6 is 0 Å². The number of aliphatic hydroxyl groups excluding tert-OH is 3. The van der Waals surface area contributed by atoms with Gasteiger partial charge in [0.05, 0.1) is 18.3 Å². The second-order valence-corrected chi connectivity index (χ2v) is 3.29. The molecule has 0 radical (unpaired) electrons. The second kappa shape index (κ2) is 4.18. The molecule has 2 unspecified atom stereocenters. The van der Waals surface area contributed by atoms with Crippen molar-refractivity contribution in [1.29, 1.82) is 0 Å². The van der Waals surface area contributed by atoms with Crippen LogP contribution in [0.3, 0.4) is 0 Å². The third kappa shape index (κ3) is 2.17. The zero-order valence-electron chi connectivity index (χ0n) is 7.18. The van der Waals surface area contributed by atoms with Gasteiger partial charge in [-0.1, -0.05) is 0 Å². The summed E-state index contributed by atoms with van der Waals surface area (Å²) in [4.78, 5) is 0. The first-order valence-electron chi connectivity index (χ1n) is 4.27. The maximum Gasteiger partial charge on any atom is 0.106 e. The monoisotopic (exact) mass is 176 g/mol. The predicted molar refractivity (Wildman–Crippen MR) is 42.7 cm³/mol. The molecule has 0 aromatic rings. The smallest absolute Gasteiger partial charge is 0.106 e. The van der Waals surface area contributed by atoms with Crippen molar-refractivity contribution in [1.82, 2.24) is 0 Å². The molecule has 0 spiro atoms. The Morgan fingerprint density at radius 2 is 2.08 bits per heavy atom. The summed E-state index contributed by atoms with van der Waals surface area (Å²) in [5.74, 6) is 0. The summed E-state index contributed by atoms with van der Waals surface area (Å²) in [5.41, 5.74) is 0. The van der Waals surface area contributed by atoms with E-state index < -0.39 is 18.3 Å². The van der Waals surface area contributed by atoms with Crippen LogP contribution in [-0.2, 0) is 4.74 Å². The first kappa shape index (κ1) is 9.92. The molecule has 72 valence electrons. The highest BCUT2D eigenvalue weighted by atomic mass is 16.5. The second-order valence-electron chi connectivity index (χ2n) is 3.29. The van der Waals surface area contributed by atoms with E-state index >= 15 is 0 Å². The van der Waals surface area contributed by atoms with E-state index in [9.17, 15) is 10.2 Å². The standard InChI is InChI=1S/C8H16O4/c1-5-4-6(10)8(11)7(12-5)2-3-9/h5-11H,2-4H2,1H3/t5?,6-,7?,8-/m1/s1. The number of ether oxygens (including phenoxy) is 1. The third-order valence-electron chi connectivity index (χ3n) is 2.17. The van der Waals surface area contributed by atoms with E-state index in [0.29, 0.717) is 12.8 Å². The minimum atomic E-state index is -0.853. The Labute approximate surface area is 71.8 Å². The minimum Gasteiger partial charge on any atom is -0.396 e. The fourth-order valence-corrected chi connectivity index (χ4v) is 1.53. The van der Waals surface area contributed by atoms with Gasteiger partial charge in [0.2, 0.25) is 0 Å². The van der Waals surface area contributed by atoms with Crippen LogP contribution in [0.4, 0.5) is 0 Å². The van der Waals surface area contributed by atoms with Gasteiger partial charge in [-0.3, -0.25) is 0 Å². The molecule has 0 bridgehead atoms. The Kier molecular flexibility index (Phi) is 3.46. The lowest BCUT2D eigenvalue weighted by Gasteiger charge is -2.35. The summed E-state index contributed by atoms with van der Waals surface area (Å²) in [7, 11) is 0. The van der Waals surface area contributed by atoms with Gasteiger partial charge in [-0.25, -0.2) is 0 Å². The van der Waals surface area contributed by atoms with E-state index in [2.05, 4.69) is 0 Å². The number of rotatable bonds is 2. The fourth-order valence-electron chi connectivity index (χ4n) is 1.53. The minimum absolute atomic E-state index is 0.0266. The fraction of sp³-hybridized carbons (Fsp3) is 1.00. The average molecular weight is 176 g/mol.